The molecule has 0 bridgehead atoms. The van der Waals surface area contributed by atoms with Crippen LogP contribution in [0.4, 0.5) is 5.69 Å². The van der Waals surface area contributed by atoms with Crippen LogP contribution in [0.25, 0.3) is 0 Å². The summed E-state index contributed by atoms with van der Waals surface area (Å²) in [5.41, 5.74) is 2.47. The van der Waals surface area contributed by atoms with Crippen molar-refractivity contribution in [1.29, 1.82) is 0 Å². The summed E-state index contributed by atoms with van der Waals surface area (Å²) in [4.78, 5) is 14.6. The highest BCUT2D eigenvalue weighted by Gasteiger charge is 2.26. The molecular weight excluding hydrogens is 430 g/mol. The van der Waals surface area contributed by atoms with Gasteiger partial charge in [0.2, 0.25) is 0 Å². The van der Waals surface area contributed by atoms with Gasteiger partial charge in [-0.05, 0) is 50.3 Å². The van der Waals surface area contributed by atoms with Crippen LogP contribution in [0.3, 0.4) is 0 Å². The van der Waals surface area contributed by atoms with Gasteiger partial charge in [-0.25, -0.2) is 0 Å². The fourth-order valence-corrected chi connectivity index (χ4v) is 5.21. The van der Waals surface area contributed by atoms with Gasteiger partial charge in [-0.2, -0.15) is 0 Å². The number of unbranched alkanes of at least 4 members (excludes halogenated alkanes) is 1. The summed E-state index contributed by atoms with van der Waals surface area (Å²) in [6.45, 7) is 9.01. The minimum Gasteiger partial charge on any atom is -0.489 e. The number of hydrogen-bond donors (Lipinski definition) is 1. The Labute approximate surface area is 196 Å². The molecule has 1 heterocycles. The van der Waals surface area contributed by atoms with E-state index in [1.807, 2.05) is 37.7 Å². The molecule has 0 amide bonds. The summed E-state index contributed by atoms with van der Waals surface area (Å²) in [5.74, 6) is 1.38. The minimum atomic E-state index is -0.875. The predicted molar refractivity (Wildman–Crippen MR) is 133 cm³/mol. The molecule has 4 nitrogen and oxygen atoms in total. The third-order valence-electron chi connectivity index (χ3n) is 5.31. The summed E-state index contributed by atoms with van der Waals surface area (Å²) < 4.78 is 5.86. The smallest absolute Gasteiger partial charge is 0.307 e. The Morgan fingerprint density at radius 1 is 1.39 bits per heavy atom. The van der Waals surface area contributed by atoms with E-state index in [0.29, 0.717) is 16.7 Å². The predicted octanol–water partition coefficient (Wildman–Crippen LogP) is 7.56. The number of allylic oxidation sites excluding steroid dienone is 4. The van der Waals surface area contributed by atoms with Crippen LogP contribution >= 0.6 is 23.4 Å². The Kier molecular flexibility index (Phi) is 10.8. The van der Waals surface area contributed by atoms with Gasteiger partial charge in [0.15, 0.2) is 0 Å². The van der Waals surface area contributed by atoms with Gasteiger partial charge in [-0.1, -0.05) is 57.4 Å². The minimum absolute atomic E-state index is 0.0506. The van der Waals surface area contributed by atoms with Gasteiger partial charge in [0.25, 0.3) is 0 Å². The molecule has 6 heteroatoms. The summed E-state index contributed by atoms with van der Waals surface area (Å²) in [7, 11) is 0. The van der Waals surface area contributed by atoms with Crippen molar-refractivity contribution in [3.63, 3.8) is 0 Å². The maximum absolute atomic E-state index is 11.0. The molecular formula is C25H36ClNO3S. The van der Waals surface area contributed by atoms with Gasteiger partial charge >= 0.3 is 5.97 Å². The molecule has 3 rings (SSSR count). The van der Waals surface area contributed by atoms with Crippen molar-refractivity contribution in [1.82, 2.24) is 0 Å². The molecule has 1 aliphatic heterocycles. The maximum atomic E-state index is 11.0. The van der Waals surface area contributed by atoms with Crippen LogP contribution in [0, 0.1) is 5.92 Å². The molecule has 1 aromatic rings. The van der Waals surface area contributed by atoms with E-state index < -0.39 is 12.1 Å². The zero-order valence-corrected chi connectivity index (χ0v) is 20.8. The van der Waals surface area contributed by atoms with E-state index in [2.05, 4.69) is 30.1 Å². The molecule has 0 fully saturated rings. The normalized spacial score (nSPS) is 18.8. The fraction of sp³-hybridized carbons (Fsp3) is 0.560. The number of ether oxygens (including phenoxy) is 1. The Bertz CT molecular complexity index is 793. The summed E-state index contributed by atoms with van der Waals surface area (Å²) >= 11 is 8.44. The number of rotatable bonds is 8. The number of aliphatic carboxylic acids is 1. The van der Waals surface area contributed by atoms with Crippen molar-refractivity contribution in [3.8, 4) is 5.75 Å². The number of halogens is 1. The van der Waals surface area contributed by atoms with Crippen molar-refractivity contribution >= 4 is 35.0 Å². The first-order chi connectivity index (χ1) is 15.0. The van der Waals surface area contributed by atoms with Gasteiger partial charge in [0.05, 0.1) is 17.1 Å². The number of carbonyl (C=O) groups is 1. The monoisotopic (exact) mass is 465 g/mol. The number of carboxylic acids is 1. The number of nitrogens with zero attached hydrogens (tertiary/aromatic N) is 1. The zero-order chi connectivity index (χ0) is 22.8. The van der Waals surface area contributed by atoms with Gasteiger partial charge in [-0.15, -0.1) is 11.8 Å². The zero-order valence-electron chi connectivity index (χ0n) is 19.2. The number of anilines is 1. The van der Waals surface area contributed by atoms with Gasteiger partial charge in [0, 0.05) is 22.9 Å². The number of fused-ring (bicyclic) bond motifs is 1. The molecule has 1 aromatic carbocycles. The summed E-state index contributed by atoms with van der Waals surface area (Å²) in [6, 6.07) is 3.99. The first-order valence-electron chi connectivity index (χ1n) is 11.5. The van der Waals surface area contributed by atoms with E-state index >= 15 is 0 Å². The van der Waals surface area contributed by atoms with Crippen LogP contribution in [0.2, 0.25) is 5.02 Å². The van der Waals surface area contributed by atoms with E-state index in [-0.39, 0.29) is 6.42 Å². The fourth-order valence-electron chi connectivity index (χ4n) is 3.82. The number of benzene rings is 1. The molecule has 0 aromatic heterocycles. The van der Waals surface area contributed by atoms with E-state index in [4.69, 9.17) is 21.4 Å². The quantitative estimate of drug-likeness (QED) is 0.429. The van der Waals surface area contributed by atoms with E-state index in [0.717, 1.165) is 35.7 Å². The van der Waals surface area contributed by atoms with E-state index in [1.54, 1.807) is 6.92 Å². The highest BCUT2D eigenvalue weighted by atomic mass is 35.5. The summed E-state index contributed by atoms with van der Waals surface area (Å²) in [5, 5.41) is 9.54. The van der Waals surface area contributed by atoms with Crippen LogP contribution in [0.5, 0.6) is 5.75 Å². The van der Waals surface area contributed by atoms with Crippen LogP contribution in [-0.2, 0) is 4.79 Å². The van der Waals surface area contributed by atoms with Crippen LogP contribution in [0.1, 0.15) is 66.2 Å². The lowest BCUT2D eigenvalue weighted by molar-refractivity contribution is -0.138. The lowest BCUT2D eigenvalue weighted by Crippen LogP contribution is -2.29. The maximum Gasteiger partial charge on any atom is 0.307 e. The molecule has 1 unspecified atom stereocenters. The molecule has 0 saturated heterocycles. The van der Waals surface area contributed by atoms with Crippen LogP contribution < -0.4 is 9.64 Å². The number of hydrogen-bond acceptors (Lipinski definition) is 4. The van der Waals surface area contributed by atoms with Crippen LogP contribution in [0.15, 0.2) is 41.0 Å². The Morgan fingerprint density at radius 3 is 2.81 bits per heavy atom. The average Bonchev–Trinajstić information content (AvgIpc) is 2.93. The third-order valence-corrected chi connectivity index (χ3v) is 6.89. The van der Waals surface area contributed by atoms with E-state index in [9.17, 15) is 4.79 Å². The van der Waals surface area contributed by atoms with E-state index in [1.165, 1.54) is 25.0 Å². The van der Waals surface area contributed by atoms with Gasteiger partial charge < -0.3 is 14.7 Å². The molecule has 1 N–H and O–H groups in total. The Morgan fingerprint density at radius 2 is 2.16 bits per heavy atom. The molecule has 172 valence electrons. The standard InChI is InChI=1S/C23H30ClNO3S.C2H6/c1-3-4-8-17-14-25(18-9-6-5-7-10-18)20-12-19(24)21(13-22(20)29-15-17)28-16(2)11-23(26)27;1-2/h5-6,9,12-13,16-17H,3-4,7-8,10-11,14-15H2,1-2H3,(H,26,27);1-2H3/t16?,17-;/m0./s1. The third kappa shape index (κ3) is 7.50. The Balaban J connectivity index is 0.00000166. The van der Waals surface area contributed by atoms with Crippen LogP contribution in [-0.4, -0.2) is 29.5 Å². The summed E-state index contributed by atoms with van der Waals surface area (Å²) in [6.07, 6.45) is 11.9. The molecule has 0 spiro atoms. The highest BCUT2D eigenvalue weighted by Crippen LogP contribution is 2.44. The van der Waals surface area contributed by atoms with Crippen molar-refractivity contribution in [2.24, 2.45) is 5.92 Å². The molecule has 2 aliphatic rings. The second kappa shape index (κ2) is 13.1. The molecule has 2 atom stereocenters. The number of thioether (sulfide) groups is 1. The molecule has 0 saturated carbocycles. The number of carboxylic acid groups (broad SMARTS) is 1. The topological polar surface area (TPSA) is 49.8 Å². The van der Waals surface area contributed by atoms with Crippen molar-refractivity contribution in [3.05, 3.63) is 41.1 Å². The lowest BCUT2D eigenvalue weighted by atomic mass is 10.0. The van der Waals surface area contributed by atoms with Crippen molar-refractivity contribution in [2.75, 3.05) is 17.2 Å². The lowest BCUT2D eigenvalue weighted by Gasteiger charge is -2.31. The Hall–Kier alpha value is -1.59. The highest BCUT2D eigenvalue weighted by molar-refractivity contribution is 7.99. The molecule has 0 radical (unpaired) electrons. The first-order valence-corrected chi connectivity index (χ1v) is 12.8. The largest absolute Gasteiger partial charge is 0.489 e. The molecule has 31 heavy (non-hydrogen) atoms. The van der Waals surface area contributed by atoms with Crippen molar-refractivity contribution in [2.45, 2.75) is 77.2 Å². The van der Waals surface area contributed by atoms with Gasteiger partial charge in [0.1, 0.15) is 11.9 Å². The second-order valence-corrected chi connectivity index (χ2v) is 9.30. The van der Waals surface area contributed by atoms with Gasteiger partial charge in [-0.3, -0.25) is 4.79 Å². The van der Waals surface area contributed by atoms with Crippen molar-refractivity contribution < 1.29 is 14.6 Å². The average molecular weight is 466 g/mol. The first kappa shape index (κ1) is 25.7. The second-order valence-electron chi connectivity index (χ2n) is 7.83. The molecule has 1 aliphatic carbocycles. The SMILES string of the molecule is CC.CCCC[C@@H]1CSc2cc(OC(C)CC(=O)O)c(Cl)cc2N(C2=CC=CCC2)C1.